The summed E-state index contributed by atoms with van der Waals surface area (Å²) in [7, 11) is 0. The van der Waals surface area contributed by atoms with Gasteiger partial charge in [0, 0.05) is 12.8 Å². The molecule has 1 unspecified atom stereocenters. The molecule has 0 aromatic carbocycles. The van der Waals surface area contributed by atoms with Crippen molar-refractivity contribution >= 4 is 11.9 Å². The first-order chi connectivity index (χ1) is 14.6. The lowest BCUT2D eigenvalue weighted by Crippen LogP contribution is -2.07. The summed E-state index contributed by atoms with van der Waals surface area (Å²) in [5.41, 5.74) is 0. The van der Waals surface area contributed by atoms with Crippen molar-refractivity contribution in [3.63, 3.8) is 0 Å². The lowest BCUT2D eigenvalue weighted by molar-refractivity contribution is -0.144. The molecule has 30 heavy (non-hydrogen) atoms. The van der Waals surface area contributed by atoms with Gasteiger partial charge in [-0.3, -0.25) is 9.59 Å². The maximum atomic E-state index is 11.8. The van der Waals surface area contributed by atoms with E-state index in [9.17, 15) is 9.59 Å². The van der Waals surface area contributed by atoms with E-state index >= 15 is 0 Å². The third-order valence-electron chi connectivity index (χ3n) is 5.63. The Kier molecular flexibility index (Phi) is 21.8. The highest BCUT2D eigenvalue weighted by Crippen LogP contribution is 2.16. The standard InChI is InChI=1S/C26H50O4/c1-4-6-7-8-9-10-11-12-13-14-15-23-30-26(28)21-17-19-24(3)18-16-20-25(27)29-22-5-2/h24H,4-23H2,1-3H3. The average Bonchev–Trinajstić information content (AvgIpc) is 2.73. The summed E-state index contributed by atoms with van der Waals surface area (Å²) in [4.78, 5) is 23.3. The molecule has 0 aliphatic heterocycles. The topological polar surface area (TPSA) is 52.6 Å². The van der Waals surface area contributed by atoms with Crippen molar-refractivity contribution in [2.24, 2.45) is 5.92 Å². The van der Waals surface area contributed by atoms with Gasteiger partial charge in [-0.2, -0.15) is 0 Å². The van der Waals surface area contributed by atoms with Gasteiger partial charge >= 0.3 is 11.9 Å². The first-order valence-electron chi connectivity index (χ1n) is 12.9. The molecule has 0 amide bonds. The third kappa shape index (κ3) is 21.6. The van der Waals surface area contributed by atoms with E-state index in [2.05, 4.69) is 13.8 Å². The van der Waals surface area contributed by atoms with Crippen LogP contribution >= 0.6 is 0 Å². The van der Waals surface area contributed by atoms with Crippen LogP contribution in [0.25, 0.3) is 0 Å². The molecule has 0 radical (unpaired) electrons. The van der Waals surface area contributed by atoms with Crippen molar-refractivity contribution in [3.05, 3.63) is 0 Å². The minimum Gasteiger partial charge on any atom is -0.466 e. The Bertz CT molecular complexity index is 394. The fourth-order valence-corrected chi connectivity index (χ4v) is 3.65. The molecule has 178 valence electrons. The van der Waals surface area contributed by atoms with E-state index in [4.69, 9.17) is 9.47 Å². The molecule has 0 aliphatic carbocycles. The van der Waals surface area contributed by atoms with E-state index in [0.717, 1.165) is 38.5 Å². The van der Waals surface area contributed by atoms with Crippen LogP contribution in [0.15, 0.2) is 0 Å². The Balaban J connectivity index is 3.36. The fourth-order valence-electron chi connectivity index (χ4n) is 3.65. The van der Waals surface area contributed by atoms with Crippen molar-refractivity contribution < 1.29 is 19.1 Å². The number of hydrogen-bond donors (Lipinski definition) is 0. The third-order valence-corrected chi connectivity index (χ3v) is 5.63. The molecular formula is C26H50O4. The van der Waals surface area contributed by atoms with Crippen LogP contribution in [-0.2, 0) is 19.1 Å². The number of carbonyl (C=O) groups excluding carboxylic acids is 2. The molecule has 0 saturated heterocycles. The molecule has 4 nitrogen and oxygen atoms in total. The smallest absolute Gasteiger partial charge is 0.305 e. The summed E-state index contributed by atoms with van der Waals surface area (Å²) in [6.07, 6.45) is 20.0. The van der Waals surface area contributed by atoms with Crippen LogP contribution in [0.2, 0.25) is 0 Å². The van der Waals surface area contributed by atoms with Crippen LogP contribution in [0.4, 0.5) is 0 Å². The number of carbonyl (C=O) groups is 2. The number of unbranched alkanes of at least 4 members (excludes halogenated alkanes) is 10. The summed E-state index contributed by atoms with van der Waals surface area (Å²) < 4.78 is 10.4. The van der Waals surface area contributed by atoms with Crippen LogP contribution in [0, 0.1) is 5.92 Å². The zero-order valence-electron chi connectivity index (χ0n) is 20.4. The van der Waals surface area contributed by atoms with Crippen LogP contribution in [0.3, 0.4) is 0 Å². The number of rotatable bonds is 22. The molecule has 1 atom stereocenters. The van der Waals surface area contributed by atoms with E-state index in [0.29, 0.717) is 32.0 Å². The minimum absolute atomic E-state index is 0.0579. The van der Waals surface area contributed by atoms with Gasteiger partial charge in [0.15, 0.2) is 0 Å². The molecule has 0 heterocycles. The lowest BCUT2D eigenvalue weighted by atomic mass is 9.98. The molecule has 0 aromatic heterocycles. The summed E-state index contributed by atoms with van der Waals surface area (Å²) in [6, 6.07) is 0. The largest absolute Gasteiger partial charge is 0.466 e. The molecule has 0 bridgehead atoms. The number of ether oxygens (including phenoxy) is 2. The molecule has 0 saturated carbocycles. The molecular weight excluding hydrogens is 376 g/mol. The van der Waals surface area contributed by atoms with Crippen LogP contribution in [-0.4, -0.2) is 25.2 Å². The fraction of sp³-hybridized carbons (Fsp3) is 0.923. The zero-order chi connectivity index (χ0) is 22.3. The molecule has 4 heteroatoms. The molecule has 0 fully saturated rings. The maximum absolute atomic E-state index is 11.8. The molecule has 0 rings (SSSR count). The van der Waals surface area contributed by atoms with Gasteiger partial charge in [-0.1, -0.05) is 97.8 Å². The summed E-state index contributed by atoms with van der Waals surface area (Å²) >= 11 is 0. The van der Waals surface area contributed by atoms with Crippen LogP contribution in [0.1, 0.15) is 136 Å². The van der Waals surface area contributed by atoms with E-state index in [1.807, 2.05) is 6.92 Å². The average molecular weight is 427 g/mol. The van der Waals surface area contributed by atoms with Gasteiger partial charge in [0.1, 0.15) is 0 Å². The van der Waals surface area contributed by atoms with Gasteiger partial charge in [-0.15, -0.1) is 0 Å². The van der Waals surface area contributed by atoms with Gasteiger partial charge in [0.05, 0.1) is 13.2 Å². The second kappa shape index (κ2) is 22.6. The molecule has 0 spiro atoms. The van der Waals surface area contributed by atoms with Gasteiger partial charge in [0.25, 0.3) is 0 Å². The molecule has 0 aliphatic rings. The normalized spacial score (nSPS) is 12.0. The number of hydrogen-bond acceptors (Lipinski definition) is 4. The quantitative estimate of drug-likeness (QED) is 0.131. The predicted molar refractivity (Wildman–Crippen MR) is 126 cm³/mol. The Hall–Kier alpha value is -1.06. The SMILES string of the molecule is CCCCCCCCCCCCCOC(=O)CCCC(C)CCCC(=O)OCCC. The van der Waals surface area contributed by atoms with Crippen molar-refractivity contribution in [2.75, 3.05) is 13.2 Å². The Labute approximate surface area is 186 Å². The minimum atomic E-state index is -0.0879. The van der Waals surface area contributed by atoms with Gasteiger partial charge in [0.2, 0.25) is 0 Å². The number of esters is 2. The highest BCUT2D eigenvalue weighted by Gasteiger charge is 2.08. The van der Waals surface area contributed by atoms with Gasteiger partial charge in [-0.05, 0) is 31.6 Å². The molecule has 0 N–H and O–H groups in total. The first-order valence-corrected chi connectivity index (χ1v) is 12.9. The van der Waals surface area contributed by atoms with E-state index < -0.39 is 0 Å². The summed E-state index contributed by atoms with van der Waals surface area (Å²) in [6.45, 7) is 7.55. The monoisotopic (exact) mass is 426 g/mol. The second-order valence-electron chi connectivity index (χ2n) is 8.87. The van der Waals surface area contributed by atoms with Gasteiger partial charge < -0.3 is 9.47 Å². The highest BCUT2D eigenvalue weighted by molar-refractivity contribution is 5.69. The maximum Gasteiger partial charge on any atom is 0.305 e. The summed E-state index contributed by atoms with van der Waals surface area (Å²) in [5.74, 6) is 0.385. The van der Waals surface area contributed by atoms with Crippen LogP contribution in [0.5, 0.6) is 0 Å². The van der Waals surface area contributed by atoms with Crippen molar-refractivity contribution in [1.82, 2.24) is 0 Å². The Morgan fingerprint density at radius 2 is 1.00 bits per heavy atom. The van der Waals surface area contributed by atoms with Gasteiger partial charge in [-0.25, -0.2) is 0 Å². The van der Waals surface area contributed by atoms with E-state index in [1.54, 1.807) is 0 Å². The van der Waals surface area contributed by atoms with Crippen molar-refractivity contribution in [2.45, 2.75) is 136 Å². The first kappa shape index (κ1) is 28.9. The zero-order valence-corrected chi connectivity index (χ0v) is 20.4. The second-order valence-corrected chi connectivity index (χ2v) is 8.87. The molecule has 0 aromatic rings. The predicted octanol–water partition coefficient (Wildman–Crippen LogP) is 7.77. The van der Waals surface area contributed by atoms with E-state index in [1.165, 1.54) is 64.2 Å². The lowest BCUT2D eigenvalue weighted by Gasteiger charge is -2.11. The van der Waals surface area contributed by atoms with Crippen molar-refractivity contribution in [1.29, 1.82) is 0 Å². The highest BCUT2D eigenvalue weighted by atomic mass is 16.5. The van der Waals surface area contributed by atoms with E-state index in [-0.39, 0.29) is 11.9 Å². The Morgan fingerprint density at radius 3 is 1.47 bits per heavy atom. The van der Waals surface area contributed by atoms with Crippen LogP contribution < -0.4 is 0 Å². The Morgan fingerprint density at radius 1 is 0.567 bits per heavy atom. The summed E-state index contributed by atoms with van der Waals surface area (Å²) in [5, 5.41) is 0. The van der Waals surface area contributed by atoms with Crippen molar-refractivity contribution in [3.8, 4) is 0 Å².